The van der Waals surface area contributed by atoms with Crippen molar-refractivity contribution in [3.63, 3.8) is 0 Å². The standard InChI is InChI=1S/C14H22N7O6P/c1-25-10(22)5-19-28(24,20-6-11(23)26-2)9-27-4-3-21-8-18-12-13(15)16-7-17-14(12)21/h7-8H,3-6,9H2,1-2H3,(H2,15,16,17)(H2,19,20,24). The summed E-state index contributed by atoms with van der Waals surface area (Å²) in [4.78, 5) is 34.7. The molecule has 0 unspecified atom stereocenters. The molecule has 0 spiro atoms. The minimum Gasteiger partial charge on any atom is -0.468 e. The Kier molecular flexibility index (Phi) is 7.81. The summed E-state index contributed by atoms with van der Waals surface area (Å²) >= 11 is 0. The molecule has 0 bridgehead atoms. The second-order valence-electron chi connectivity index (χ2n) is 5.47. The molecule has 4 N–H and O–H groups in total. The molecule has 2 rings (SSSR count). The molecule has 0 aliphatic rings. The van der Waals surface area contributed by atoms with E-state index in [2.05, 4.69) is 34.6 Å². The highest BCUT2D eigenvalue weighted by Crippen LogP contribution is 2.35. The summed E-state index contributed by atoms with van der Waals surface area (Å²) in [7, 11) is -0.995. The number of imidazole rings is 1. The van der Waals surface area contributed by atoms with E-state index < -0.39 is 19.4 Å². The second kappa shape index (κ2) is 10.1. The van der Waals surface area contributed by atoms with E-state index in [4.69, 9.17) is 10.5 Å². The van der Waals surface area contributed by atoms with Crippen molar-refractivity contribution < 1.29 is 28.4 Å². The van der Waals surface area contributed by atoms with E-state index in [9.17, 15) is 14.2 Å². The summed E-state index contributed by atoms with van der Waals surface area (Å²) in [6, 6.07) is 0. The van der Waals surface area contributed by atoms with Crippen LogP contribution in [0.5, 0.6) is 0 Å². The maximum Gasteiger partial charge on any atom is 0.320 e. The van der Waals surface area contributed by atoms with Gasteiger partial charge in [0.25, 0.3) is 0 Å². The molecule has 0 saturated heterocycles. The van der Waals surface area contributed by atoms with Gasteiger partial charge in [0.1, 0.15) is 31.3 Å². The number of fused-ring (bicyclic) bond motifs is 1. The summed E-state index contributed by atoms with van der Waals surface area (Å²) in [5.41, 5.74) is 6.76. The molecule has 0 amide bonds. The fraction of sp³-hybridized carbons (Fsp3) is 0.500. The smallest absolute Gasteiger partial charge is 0.320 e. The van der Waals surface area contributed by atoms with Gasteiger partial charge < -0.3 is 24.5 Å². The number of rotatable bonds is 11. The van der Waals surface area contributed by atoms with E-state index in [0.29, 0.717) is 17.7 Å². The molecule has 0 saturated carbocycles. The van der Waals surface area contributed by atoms with E-state index in [1.54, 1.807) is 10.9 Å². The molecule has 14 heteroatoms. The first-order chi connectivity index (χ1) is 13.4. The zero-order valence-electron chi connectivity index (χ0n) is 15.5. The lowest BCUT2D eigenvalue weighted by molar-refractivity contribution is -0.139. The van der Waals surface area contributed by atoms with Crippen LogP contribution in [0, 0.1) is 0 Å². The normalized spacial score (nSPS) is 11.5. The van der Waals surface area contributed by atoms with Gasteiger partial charge in [-0.25, -0.2) is 25.1 Å². The first kappa shape index (κ1) is 21.7. The first-order valence-electron chi connectivity index (χ1n) is 8.10. The van der Waals surface area contributed by atoms with Gasteiger partial charge in [-0.3, -0.25) is 14.2 Å². The van der Waals surface area contributed by atoms with Crippen molar-refractivity contribution in [2.24, 2.45) is 0 Å². The number of nitrogen functional groups attached to an aromatic ring is 1. The Morgan fingerprint density at radius 3 is 2.39 bits per heavy atom. The van der Waals surface area contributed by atoms with Gasteiger partial charge in [-0.1, -0.05) is 0 Å². The molecule has 0 fully saturated rings. The molecule has 28 heavy (non-hydrogen) atoms. The van der Waals surface area contributed by atoms with Crippen LogP contribution in [-0.2, 0) is 34.9 Å². The van der Waals surface area contributed by atoms with E-state index in [-0.39, 0.29) is 31.9 Å². The van der Waals surface area contributed by atoms with Gasteiger partial charge in [0, 0.05) is 6.54 Å². The molecular formula is C14H22N7O6P. The third kappa shape index (κ3) is 5.96. The SMILES string of the molecule is COC(=O)CNP(=O)(COCCn1cnc2c(N)ncnc21)NCC(=O)OC. The van der Waals surface area contributed by atoms with E-state index >= 15 is 0 Å². The van der Waals surface area contributed by atoms with E-state index in [0.717, 1.165) is 0 Å². The Morgan fingerprint density at radius 1 is 1.14 bits per heavy atom. The Balaban J connectivity index is 1.92. The highest BCUT2D eigenvalue weighted by atomic mass is 31.2. The Morgan fingerprint density at radius 2 is 1.79 bits per heavy atom. The van der Waals surface area contributed by atoms with Gasteiger partial charge in [0.05, 0.1) is 27.2 Å². The number of esters is 2. The third-order valence-electron chi connectivity index (χ3n) is 3.59. The van der Waals surface area contributed by atoms with E-state index in [1.807, 2.05) is 0 Å². The lowest BCUT2D eigenvalue weighted by Crippen LogP contribution is -2.33. The lowest BCUT2D eigenvalue weighted by atomic mass is 10.5. The highest BCUT2D eigenvalue weighted by Gasteiger charge is 2.24. The van der Waals surface area contributed by atoms with Crippen molar-refractivity contribution in [2.75, 3.05) is 46.0 Å². The number of hydrogen-bond acceptors (Lipinski definition) is 10. The summed E-state index contributed by atoms with van der Waals surface area (Å²) in [6.45, 7) is -0.0958. The number of nitrogens with one attached hydrogen (secondary N) is 2. The molecule has 2 aromatic heterocycles. The van der Waals surface area contributed by atoms with Gasteiger partial charge in [-0.15, -0.1) is 0 Å². The minimum absolute atomic E-state index is 0.166. The van der Waals surface area contributed by atoms with Crippen LogP contribution in [0.2, 0.25) is 0 Å². The van der Waals surface area contributed by atoms with Gasteiger partial charge in [-0.05, 0) is 0 Å². The summed E-state index contributed by atoms with van der Waals surface area (Å²) in [5, 5.41) is 5.08. The molecule has 0 atom stereocenters. The van der Waals surface area contributed by atoms with Crippen molar-refractivity contribution in [1.82, 2.24) is 29.7 Å². The fourth-order valence-electron chi connectivity index (χ4n) is 2.09. The number of hydrogen-bond donors (Lipinski definition) is 3. The van der Waals surface area contributed by atoms with Crippen LogP contribution in [0.4, 0.5) is 5.82 Å². The Labute approximate surface area is 160 Å². The first-order valence-corrected chi connectivity index (χ1v) is 9.99. The monoisotopic (exact) mass is 415 g/mol. The van der Waals surface area contributed by atoms with Crippen molar-refractivity contribution in [2.45, 2.75) is 6.54 Å². The lowest BCUT2D eigenvalue weighted by Gasteiger charge is -2.20. The molecular weight excluding hydrogens is 393 g/mol. The molecule has 154 valence electrons. The van der Waals surface area contributed by atoms with Crippen LogP contribution < -0.4 is 15.9 Å². The molecule has 0 radical (unpaired) electrons. The molecule has 2 aromatic rings. The minimum atomic E-state index is -3.41. The summed E-state index contributed by atoms with van der Waals surface area (Å²) < 4.78 is 29.0. The molecule has 13 nitrogen and oxygen atoms in total. The average Bonchev–Trinajstić information content (AvgIpc) is 3.12. The van der Waals surface area contributed by atoms with Crippen molar-refractivity contribution in [1.29, 1.82) is 0 Å². The number of nitrogens with zero attached hydrogens (tertiary/aromatic N) is 4. The van der Waals surface area contributed by atoms with Crippen molar-refractivity contribution in [3.05, 3.63) is 12.7 Å². The molecule has 2 heterocycles. The number of methoxy groups -OCH3 is 2. The van der Waals surface area contributed by atoms with Crippen LogP contribution in [-0.4, -0.2) is 71.7 Å². The summed E-state index contributed by atoms with van der Waals surface area (Å²) in [6.07, 6.45) is 2.60. The van der Waals surface area contributed by atoms with Crippen LogP contribution in [0.1, 0.15) is 0 Å². The van der Waals surface area contributed by atoms with Crippen LogP contribution in [0.25, 0.3) is 11.2 Å². The zero-order chi connectivity index (χ0) is 20.6. The van der Waals surface area contributed by atoms with Crippen molar-refractivity contribution in [3.8, 4) is 0 Å². The van der Waals surface area contributed by atoms with Gasteiger partial charge in [0.2, 0.25) is 7.44 Å². The Bertz CT molecular complexity index is 849. The number of carbonyl (C=O) groups is 2. The third-order valence-corrected chi connectivity index (χ3v) is 5.48. The van der Waals surface area contributed by atoms with Crippen LogP contribution in [0.15, 0.2) is 12.7 Å². The zero-order valence-corrected chi connectivity index (χ0v) is 16.3. The Hall–Kier alpha value is -2.60. The second-order valence-corrected chi connectivity index (χ2v) is 7.84. The number of aromatic nitrogens is 4. The van der Waals surface area contributed by atoms with Gasteiger partial charge in [-0.2, -0.15) is 0 Å². The van der Waals surface area contributed by atoms with Crippen LogP contribution in [0.3, 0.4) is 0 Å². The topological polar surface area (TPSA) is 173 Å². The number of nitrogens with two attached hydrogens (primary N) is 1. The average molecular weight is 415 g/mol. The van der Waals surface area contributed by atoms with E-state index in [1.165, 1.54) is 20.5 Å². The predicted molar refractivity (Wildman–Crippen MR) is 98.2 cm³/mol. The quantitative estimate of drug-likeness (QED) is 0.235. The van der Waals surface area contributed by atoms with Gasteiger partial charge >= 0.3 is 11.9 Å². The highest BCUT2D eigenvalue weighted by molar-refractivity contribution is 7.59. The molecule has 0 aliphatic heterocycles. The fourth-order valence-corrected chi connectivity index (χ4v) is 3.54. The summed E-state index contributed by atoms with van der Waals surface area (Å²) in [5.74, 6) is -0.947. The van der Waals surface area contributed by atoms with Crippen molar-refractivity contribution >= 4 is 36.4 Å². The number of anilines is 1. The maximum atomic E-state index is 12.9. The molecule has 0 aliphatic carbocycles. The number of ether oxygens (including phenoxy) is 3. The number of carbonyl (C=O) groups excluding carboxylic acids is 2. The maximum absolute atomic E-state index is 12.9. The van der Waals surface area contributed by atoms with Gasteiger partial charge in [0.15, 0.2) is 11.5 Å². The largest absolute Gasteiger partial charge is 0.468 e. The van der Waals surface area contributed by atoms with Crippen LogP contribution >= 0.6 is 7.44 Å². The molecule has 0 aromatic carbocycles. The predicted octanol–water partition coefficient (Wildman–Crippen LogP) is -0.899.